The number of hydrogen-bond acceptors (Lipinski definition) is 3. The fraction of sp³-hybridized carbons (Fsp3) is 0.500. The van der Waals surface area contributed by atoms with Crippen LogP contribution in [0.1, 0.15) is 25.7 Å². The largest absolute Gasteiger partial charge is 0.325 e. The molecule has 0 aliphatic heterocycles. The first-order valence-corrected chi connectivity index (χ1v) is 6.65. The maximum atomic E-state index is 12.1. The molecule has 3 N–H and O–H groups in total. The van der Waals surface area contributed by atoms with Crippen LogP contribution in [0.5, 0.6) is 0 Å². The summed E-state index contributed by atoms with van der Waals surface area (Å²) in [6.07, 6.45) is 3.82. The van der Waals surface area contributed by atoms with Gasteiger partial charge in [-0.2, -0.15) is 0 Å². The summed E-state index contributed by atoms with van der Waals surface area (Å²) < 4.78 is 0. The van der Waals surface area contributed by atoms with E-state index in [0.29, 0.717) is 0 Å². The van der Waals surface area contributed by atoms with E-state index in [9.17, 15) is 4.79 Å². The fourth-order valence-electron chi connectivity index (χ4n) is 2.47. The molecule has 1 aliphatic carbocycles. The van der Waals surface area contributed by atoms with Crippen molar-refractivity contribution in [2.24, 2.45) is 5.90 Å². The number of hydrogen-bond donors (Lipinski definition) is 2. The van der Waals surface area contributed by atoms with Crippen molar-refractivity contribution >= 4 is 11.7 Å². The van der Waals surface area contributed by atoms with Gasteiger partial charge in [0.2, 0.25) is 0 Å². The maximum Gasteiger partial charge on any atom is 0.321 e. The molecular weight excluding hydrogens is 242 g/mol. The van der Waals surface area contributed by atoms with E-state index >= 15 is 0 Å². The van der Waals surface area contributed by atoms with Crippen molar-refractivity contribution in [1.82, 2.24) is 4.90 Å². The van der Waals surface area contributed by atoms with Crippen LogP contribution in [-0.2, 0) is 4.84 Å². The van der Waals surface area contributed by atoms with Crippen molar-refractivity contribution in [1.29, 1.82) is 0 Å². The summed E-state index contributed by atoms with van der Waals surface area (Å²) in [5.41, 5.74) is 0.818. The maximum absolute atomic E-state index is 12.1. The van der Waals surface area contributed by atoms with Gasteiger partial charge < -0.3 is 15.1 Å². The minimum Gasteiger partial charge on any atom is -0.325 e. The molecule has 2 amide bonds. The lowest BCUT2D eigenvalue weighted by atomic mass is 9.92. The monoisotopic (exact) mass is 263 g/mol. The van der Waals surface area contributed by atoms with Gasteiger partial charge in [-0.3, -0.25) is 0 Å². The highest BCUT2D eigenvalue weighted by atomic mass is 16.6. The van der Waals surface area contributed by atoms with E-state index in [1.165, 1.54) is 0 Å². The Bertz CT molecular complexity index is 402. The van der Waals surface area contributed by atoms with Crippen LogP contribution >= 0.6 is 0 Å². The molecule has 1 fully saturated rings. The third kappa shape index (κ3) is 3.68. The number of urea groups is 1. The van der Waals surface area contributed by atoms with Crippen molar-refractivity contribution < 1.29 is 9.63 Å². The topological polar surface area (TPSA) is 67.6 Å². The zero-order valence-corrected chi connectivity index (χ0v) is 11.2. The lowest BCUT2D eigenvalue weighted by molar-refractivity contribution is 0.0141. The van der Waals surface area contributed by atoms with Crippen LogP contribution in [0.3, 0.4) is 0 Å². The summed E-state index contributed by atoms with van der Waals surface area (Å²) in [5, 5.41) is 2.90. The fourth-order valence-corrected chi connectivity index (χ4v) is 2.47. The van der Waals surface area contributed by atoms with Crippen molar-refractivity contribution in [3.63, 3.8) is 0 Å². The second-order valence-corrected chi connectivity index (χ2v) is 4.97. The minimum absolute atomic E-state index is 0.0664. The lowest BCUT2D eigenvalue weighted by Gasteiger charge is -2.33. The molecule has 0 spiro atoms. The average molecular weight is 263 g/mol. The van der Waals surface area contributed by atoms with Crippen molar-refractivity contribution in [2.75, 3.05) is 12.4 Å². The molecule has 104 valence electrons. The molecule has 1 aliphatic rings. The molecule has 1 saturated carbocycles. The van der Waals surface area contributed by atoms with Gasteiger partial charge in [-0.1, -0.05) is 18.2 Å². The van der Waals surface area contributed by atoms with Gasteiger partial charge in [0.05, 0.1) is 6.10 Å². The molecule has 0 bridgehead atoms. The summed E-state index contributed by atoms with van der Waals surface area (Å²) in [7, 11) is 1.84. The normalized spacial score (nSPS) is 22.8. The number of benzene rings is 1. The van der Waals surface area contributed by atoms with Crippen LogP contribution in [0.4, 0.5) is 10.5 Å². The highest BCUT2D eigenvalue weighted by molar-refractivity contribution is 5.89. The number of nitrogens with two attached hydrogens (primary N) is 1. The van der Waals surface area contributed by atoms with E-state index in [1.807, 2.05) is 37.4 Å². The smallest absolute Gasteiger partial charge is 0.321 e. The standard InChI is InChI=1S/C14H21N3O2/c1-17(12-7-9-13(19-15)10-8-12)14(18)16-11-5-3-2-4-6-11/h2-6,12-13H,7-10,15H2,1H3,(H,16,18). The quantitative estimate of drug-likeness (QED) is 0.823. The summed E-state index contributed by atoms with van der Waals surface area (Å²) in [5.74, 6) is 5.19. The summed E-state index contributed by atoms with van der Waals surface area (Å²) in [6, 6.07) is 9.68. The van der Waals surface area contributed by atoms with Crippen LogP contribution in [0, 0.1) is 0 Å². The first kappa shape index (κ1) is 13.8. The minimum atomic E-state index is -0.0664. The molecule has 1 aromatic rings. The van der Waals surface area contributed by atoms with Crippen LogP contribution in [-0.4, -0.2) is 30.1 Å². The number of carbonyl (C=O) groups is 1. The van der Waals surface area contributed by atoms with Crippen molar-refractivity contribution in [2.45, 2.75) is 37.8 Å². The first-order valence-electron chi connectivity index (χ1n) is 6.65. The van der Waals surface area contributed by atoms with E-state index in [1.54, 1.807) is 4.90 Å². The summed E-state index contributed by atoms with van der Waals surface area (Å²) in [6.45, 7) is 0. The van der Waals surface area contributed by atoms with Gasteiger partial charge in [0, 0.05) is 18.8 Å². The molecule has 2 rings (SSSR count). The molecule has 0 atom stereocenters. The molecule has 0 heterocycles. The zero-order chi connectivity index (χ0) is 13.7. The number of rotatable bonds is 3. The number of carbonyl (C=O) groups excluding carboxylic acids is 1. The van der Waals surface area contributed by atoms with Crippen molar-refractivity contribution in [3.8, 4) is 0 Å². The predicted molar refractivity (Wildman–Crippen MR) is 74.5 cm³/mol. The van der Waals surface area contributed by atoms with Crippen LogP contribution < -0.4 is 11.2 Å². The van der Waals surface area contributed by atoms with E-state index in [-0.39, 0.29) is 18.2 Å². The highest BCUT2D eigenvalue weighted by Crippen LogP contribution is 2.24. The van der Waals surface area contributed by atoms with Crippen molar-refractivity contribution in [3.05, 3.63) is 30.3 Å². The van der Waals surface area contributed by atoms with Crippen LogP contribution in [0.2, 0.25) is 0 Å². The number of anilines is 1. The SMILES string of the molecule is CN(C(=O)Nc1ccccc1)C1CCC(ON)CC1. The van der Waals surface area contributed by atoms with Crippen LogP contribution in [0.25, 0.3) is 0 Å². The van der Waals surface area contributed by atoms with E-state index in [2.05, 4.69) is 5.32 Å². The number of para-hydroxylation sites is 1. The Labute approximate surface area is 113 Å². The third-order valence-corrected chi connectivity index (χ3v) is 3.73. The molecule has 0 radical (unpaired) electrons. The average Bonchev–Trinajstić information content (AvgIpc) is 2.47. The van der Waals surface area contributed by atoms with Crippen LogP contribution in [0.15, 0.2) is 30.3 Å². The zero-order valence-electron chi connectivity index (χ0n) is 11.2. The second kappa shape index (κ2) is 6.54. The van der Waals surface area contributed by atoms with Gasteiger partial charge in [-0.15, -0.1) is 0 Å². The van der Waals surface area contributed by atoms with E-state index < -0.39 is 0 Å². The van der Waals surface area contributed by atoms with Gasteiger partial charge in [-0.25, -0.2) is 10.7 Å². The molecule has 0 aromatic heterocycles. The molecule has 5 heteroatoms. The third-order valence-electron chi connectivity index (χ3n) is 3.73. The first-order chi connectivity index (χ1) is 9.20. The van der Waals surface area contributed by atoms with Gasteiger partial charge in [0.1, 0.15) is 0 Å². The van der Waals surface area contributed by atoms with E-state index in [4.69, 9.17) is 10.7 Å². The molecule has 1 aromatic carbocycles. The number of nitrogens with one attached hydrogen (secondary N) is 1. The highest BCUT2D eigenvalue weighted by Gasteiger charge is 2.26. The molecule has 0 saturated heterocycles. The Kier molecular flexibility index (Phi) is 4.76. The Hall–Kier alpha value is -1.59. The molecule has 0 unspecified atom stereocenters. The Morgan fingerprint density at radius 3 is 2.47 bits per heavy atom. The molecule has 19 heavy (non-hydrogen) atoms. The van der Waals surface area contributed by atoms with Gasteiger partial charge in [-0.05, 0) is 37.8 Å². The Morgan fingerprint density at radius 1 is 1.26 bits per heavy atom. The van der Waals surface area contributed by atoms with Gasteiger partial charge in [0.15, 0.2) is 0 Å². The lowest BCUT2D eigenvalue weighted by Crippen LogP contribution is -2.43. The second-order valence-electron chi connectivity index (χ2n) is 4.97. The van der Waals surface area contributed by atoms with Gasteiger partial charge >= 0.3 is 6.03 Å². The van der Waals surface area contributed by atoms with E-state index in [0.717, 1.165) is 31.4 Å². The Balaban J connectivity index is 1.86. The number of nitrogens with zero attached hydrogens (tertiary/aromatic N) is 1. The van der Waals surface area contributed by atoms with Gasteiger partial charge in [0.25, 0.3) is 0 Å². The predicted octanol–water partition coefficient (Wildman–Crippen LogP) is 2.35. The molecular formula is C14H21N3O2. The summed E-state index contributed by atoms with van der Waals surface area (Å²) in [4.78, 5) is 18.8. The number of amides is 2. The molecule has 5 nitrogen and oxygen atoms in total. The summed E-state index contributed by atoms with van der Waals surface area (Å²) >= 11 is 0. The Morgan fingerprint density at radius 2 is 1.89 bits per heavy atom.